The van der Waals surface area contributed by atoms with Gasteiger partial charge < -0.3 is 19.5 Å². The average molecular weight is 458 g/mol. The lowest BCUT2D eigenvalue weighted by molar-refractivity contribution is -0.384. The summed E-state index contributed by atoms with van der Waals surface area (Å²) >= 11 is 1.22. The average Bonchev–Trinajstić information content (AvgIpc) is 3.27. The van der Waals surface area contributed by atoms with Crippen LogP contribution in [0, 0.1) is 10.1 Å². The molecule has 0 saturated heterocycles. The van der Waals surface area contributed by atoms with E-state index in [1.54, 1.807) is 44.9 Å². The van der Waals surface area contributed by atoms with Crippen molar-refractivity contribution in [2.75, 3.05) is 45.1 Å². The first kappa shape index (κ1) is 23.0. The summed E-state index contributed by atoms with van der Waals surface area (Å²) in [6, 6.07) is 9.40. The Balaban J connectivity index is 1.86. The summed E-state index contributed by atoms with van der Waals surface area (Å²) in [6.45, 7) is 0.849. The largest absolute Gasteiger partial charge is 0.497 e. The number of aromatic nitrogens is 1. The molecule has 0 aliphatic carbocycles. The van der Waals surface area contributed by atoms with Gasteiger partial charge in [0.05, 0.1) is 37.0 Å². The van der Waals surface area contributed by atoms with Crippen LogP contribution in [0.4, 0.5) is 16.5 Å². The number of ether oxygens (including phenoxy) is 3. The summed E-state index contributed by atoms with van der Waals surface area (Å²) in [5.41, 5.74) is 1.70. The standard InChI is InChI=1S/C21H22N4O6S/c1-29-9-8-22-17-6-4-13(25(27)28)10-16(17)20(26)24-21-23-18(12-32-21)15-11-14(30-2)5-7-19(15)31-3/h4-7,10-12,22H,8-9H2,1-3H3,(H,23,24,26). The summed E-state index contributed by atoms with van der Waals surface area (Å²) in [5, 5.41) is 19.1. The van der Waals surface area contributed by atoms with Crippen LogP contribution in [-0.2, 0) is 4.74 Å². The molecule has 0 atom stereocenters. The number of benzene rings is 2. The molecule has 0 saturated carbocycles. The zero-order valence-electron chi connectivity index (χ0n) is 17.7. The third-order valence-electron chi connectivity index (χ3n) is 4.49. The van der Waals surface area contributed by atoms with Crippen molar-refractivity contribution in [3.8, 4) is 22.8 Å². The maximum atomic E-state index is 12.9. The molecule has 1 aromatic heterocycles. The topological polar surface area (TPSA) is 125 Å². The van der Waals surface area contributed by atoms with Crippen LogP contribution in [0.15, 0.2) is 41.8 Å². The van der Waals surface area contributed by atoms with E-state index in [0.717, 1.165) is 0 Å². The molecule has 11 heteroatoms. The molecule has 0 radical (unpaired) electrons. The van der Waals surface area contributed by atoms with Crippen LogP contribution in [0.2, 0.25) is 0 Å². The van der Waals surface area contributed by atoms with Gasteiger partial charge in [-0.25, -0.2) is 4.98 Å². The highest BCUT2D eigenvalue weighted by Crippen LogP contribution is 2.35. The van der Waals surface area contributed by atoms with E-state index in [2.05, 4.69) is 15.6 Å². The van der Waals surface area contributed by atoms with Crippen molar-refractivity contribution in [3.05, 3.63) is 57.5 Å². The first-order valence-electron chi connectivity index (χ1n) is 9.47. The smallest absolute Gasteiger partial charge is 0.270 e. The van der Waals surface area contributed by atoms with Crippen molar-refractivity contribution < 1.29 is 23.9 Å². The Bertz CT molecular complexity index is 1120. The maximum Gasteiger partial charge on any atom is 0.270 e. The van der Waals surface area contributed by atoms with Crippen LogP contribution in [-0.4, -0.2) is 50.3 Å². The normalized spacial score (nSPS) is 10.5. The first-order chi connectivity index (χ1) is 15.5. The number of nitrogens with one attached hydrogen (secondary N) is 2. The highest BCUT2D eigenvalue weighted by Gasteiger charge is 2.19. The third-order valence-corrected chi connectivity index (χ3v) is 5.25. The van der Waals surface area contributed by atoms with Crippen molar-refractivity contribution in [2.24, 2.45) is 0 Å². The van der Waals surface area contributed by atoms with E-state index in [4.69, 9.17) is 14.2 Å². The fourth-order valence-electron chi connectivity index (χ4n) is 2.91. The van der Waals surface area contributed by atoms with E-state index in [1.807, 2.05) is 0 Å². The molecule has 1 amide bonds. The zero-order valence-corrected chi connectivity index (χ0v) is 18.5. The van der Waals surface area contributed by atoms with E-state index in [9.17, 15) is 14.9 Å². The molecule has 2 N–H and O–H groups in total. The van der Waals surface area contributed by atoms with E-state index in [-0.39, 0.29) is 11.3 Å². The quantitative estimate of drug-likeness (QED) is 0.265. The molecule has 3 rings (SSSR count). The second-order valence-electron chi connectivity index (χ2n) is 6.46. The summed E-state index contributed by atoms with van der Waals surface area (Å²) in [7, 11) is 4.68. The molecule has 0 spiro atoms. The monoisotopic (exact) mass is 458 g/mol. The molecule has 10 nitrogen and oxygen atoms in total. The molecular weight excluding hydrogens is 436 g/mol. The maximum absolute atomic E-state index is 12.9. The van der Waals surface area contributed by atoms with E-state index in [0.29, 0.717) is 46.7 Å². The number of rotatable bonds is 10. The van der Waals surface area contributed by atoms with Gasteiger partial charge in [0, 0.05) is 42.4 Å². The number of amides is 1. The van der Waals surface area contributed by atoms with Crippen molar-refractivity contribution in [2.45, 2.75) is 0 Å². The van der Waals surface area contributed by atoms with Crippen molar-refractivity contribution in [3.63, 3.8) is 0 Å². The minimum Gasteiger partial charge on any atom is -0.497 e. The van der Waals surface area contributed by atoms with E-state index >= 15 is 0 Å². The van der Waals surface area contributed by atoms with Crippen LogP contribution in [0.3, 0.4) is 0 Å². The zero-order chi connectivity index (χ0) is 23.1. The van der Waals surface area contributed by atoms with E-state index < -0.39 is 10.8 Å². The van der Waals surface area contributed by atoms with Crippen LogP contribution < -0.4 is 20.1 Å². The number of nitro benzene ring substituents is 1. The van der Waals surface area contributed by atoms with Gasteiger partial charge in [0.2, 0.25) is 0 Å². The molecule has 0 bridgehead atoms. The van der Waals surface area contributed by atoms with Crippen molar-refractivity contribution in [1.29, 1.82) is 0 Å². The Labute approximate surface area is 188 Å². The fourth-order valence-corrected chi connectivity index (χ4v) is 3.61. The van der Waals surface area contributed by atoms with Gasteiger partial charge in [-0.2, -0.15) is 0 Å². The van der Waals surface area contributed by atoms with E-state index in [1.165, 1.54) is 29.5 Å². The second-order valence-corrected chi connectivity index (χ2v) is 7.32. The van der Waals surface area contributed by atoms with Gasteiger partial charge >= 0.3 is 0 Å². The molecule has 32 heavy (non-hydrogen) atoms. The van der Waals surface area contributed by atoms with Gasteiger partial charge in [-0.1, -0.05) is 0 Å². The lowest BCUT2D eigenvalue weighted by Crippen LogP contribution is -2.16. The summed E-state index contributed by atoms with van der Waals surface area (Å²) in [4.78, 5) is 28.0. The van der Waals surface area contributed by atoms with Gasteiger partial charge in [0.25, 0.3) is 11.6 Å². The number of anilines is 2. The van der Waals surface area contributed by atoms with Crippen molar-refractivity contribution >= 4 is 33.8 Å². The molecule has 3 aromatic rings. The van der Waals surface area contributed by atoms with Gasteiger partial charge in [0.1, 0.15) is 11.5 Å². The number of thiazole rings is 1. The van der Waals surface area contributed by atoms with Gasteiger partial charge in [-0.15, -0.1) is 11.3 Å². The first-order valence-corrected chi connectivity index (χ1v) is 10.3. The molecule has 0 unspecified atom stereocenters. The number of nitro groups is 1. The number of methoxy groups -OCH3 is 3. The molecule has 0 aliphatic rings. The number of carbonyl (C=O) groups is 1. The Kier molecular flexibility index (Phi) is 7.58. The predicted molar refractivity (Wildman–Crippen MR) is 122 cm³/mol. The number of hydrogen-bond donors (Lipinski definition) is 2. The lowest BCUT2D eigenvalue weighted by Gasteiger charge is -2.11. The molecule has 0 fully saturated rings. The summed E-state index contributed by atoms with van der Waals surface area (Å²) < 4.78 is 15.7. The molecule has 1 heterocycles. The van der Waals surface area contributed by atoms with Crippen LogP contribution in [0.5, 0.6) is 11.5 Å². The number of nitrogens with zero attached hydrogens (tertiary/aromatic N) is 2. The number of hydrogen-bond acceptors (Lipinski definition) is 9. The third kappa shape index (κ3) is 5.31. The van der Waals surface area contributed by atoms with Gasteiger partial charge in [-0.05, 0) is 24.3 Å². The number of carbonyl (C=O) groups excluding carboxylic acids is 1. The Hall–Kier alpha value is -3.70. The Morgan fingerprint density at radius 3 is 2.66 bits per heavy atom. The SMILES string of the molecule is COCCNc1ccc([N+](=O)[O-])cc1C(=O)Nc1nc(-c2cc(OC)ccc2OC)cs1. The lowest BCUT2D eigenvalue weighted by atomic mass is 10.1. The molecule has 0 aliphatic heterocycles. The Morgan fingerprint density at radius 2 is 1.97 bits per heavy atom. The summed E-state index contributed by atoms with van der Waals surface area (Å²) in [6.07, 6.45) is 0. The highest BCUT2D eigenvalue weighted by atomic mass is 32.1. The van der Waals surface area contributed by atoms with Crippen LogP contribution in [0.25, 0.3) is 11.3 Å². The predicted octanol–water partition coefficient (Wildman–Crippen LogP) is 4.05. The van der Waals surface area contributed by atoms with Gasteiger partial charge in [0.15, 0.2) is 5.13 Å². The van der Waals surface area contributed by atoms with Crippen LogP contribution >= 0.6 is 11.3 Å². The van der Waals surface area contributed by atoms with Crippen molar-refractivity contribution in [1.82, 2.24) is 4.98 Å². The van der Waals surface area contributed by atoms with Crippen LogP contribution in [0.1, 0.15) is 10.4 Å². The minimum atomic E-state index is -0.549. The molecular formula is C21H22N4O6S. The van der Waals surface area contributed by atoms with Gasteiger partial charge in [-0.3, -0.25) is 20.2 Å². The number of non-ortho nitro benzene ring substituents is 1. The second kappa shape index (κ2) is 10.6. The highest BCUT2D eigenvalue weighted by molar-refractivity contribution is 7.14. The summed E-state index contributed by atoms with van der Waals surface area (Å²) in [5.74, 6) is 0.729. The molecule has 168 valence electrons. The Morgan fingerprint density at radius 1 is 1.16 bits per heavy atom. The molecule has 2 aromatic carbocycles. The minimum absolute atomic E-state index is 0.131. The fraction of sp³-hybridized carbons (Fsp3) is 0.238.